The summed E-state index contributed by atoms with van der Waals surface area (Å²) in [6, 6.07) is 0.473. The number of nitrogens with zero attached hydrogens (tertiary/aromatic N) is 2. The fraction of sp³-hybridized carbons (Fsp3) is 0.750. The van der Waals surface area contributed by atoms with Gasteiger partial charge in [-0.05, 0) is 45.4 Å². The minimum absolute atomic E-state index is 0.162. The number of hydrogen-bond acceptors (Lipinski definition) is 2. The van der Waals surface area contributed by atoms with Crippen LogP contribution in [0.5, 0.6) is 0 Å². The number of rotatable bonds is 2. The molecule has 4 heteroatoms. The smallest absolute Gasteiger partial charge is 0.226 e. The van der Waals surface area contributed by atoms with Gasteiger partial charge >= 0.3 is 0 Å². The van der Waals surface area contributed by atoms with E-state index in [1.165, 1.54) is 30.7 Å². The number of carbonyl (C=O) groups excluding carboxylic acids is 1. The van der Waals surface area contributed by atoms with Crippen LogP contribution in [0.25, 0.3) is 0 Å². The van der Waals surface area contributed by atoms with Gasteiger partial charge in [0, 0.05) is 30.6 Å². The Kier molecular flexibility index (Phi) is 3.81. The second kappa shape index (κ2) is 5.58. The molecular weight excluding hydrogens is 250 g/mol. The first-order valence-electron chi connectivity index (χ1n) is 8.04. The maximum absolute atomic E-state index is 12.8. The lowest BCUT2D eigenvalue weighted by Crippen LogP contribution is -2.47. The largest absolute Gasteiger partial charge is 0.346 e. The first kappa shape index (κ1) is 13.7. The van der Waals surface area contributed by atoms with E-state index in [4.69, 9.17) is 0 Å². The summed E-state index contributed by atoms with van der Waals surface area (Å²) in [5, 5.41) is 0. The number of piperidine rings is 1. The standard InChI is InChI=1S/C16H25N3O/c1-3-13-6-4-5-9-19(13)16(20)12-7-8-14-15(10-12)18-11(2)17-14/h12-13H,3-10H2,1-2H3,(H,17,18). The van der Waals surface area contributed by atoms with E-state index in [1.54, 1.807) is 0 Å². The molecule has 0 saturated carbocycles. The summed E-state index contributed by atoms with van der Waals surface area (Å²) in [6.07, 6.45) is 7.47. The number of amides is 1. The third-order valence-electron chi connectivity index (χ3n) is 4.89. The van der Waals surface area contributed by atoms with Gasteiger partial charge in [-0.25, -0.2) is 4.98 Å². The summed E-state index contributed by atoms with van der Waals surface area (Å²) >= 11 is 0. The molecule has 0 bridgehead atoms. The van der Waals surface area contributed by atoms with E-state index in [2.05, 4.69) is 21.8 Å². The normalized spacial score (nSPS) is 26.4. The Morgan fingerprint density at radius 2 is 2.25 bits per heavy atom. The molecule has 2 atom stereocenters. The zero-order chi connectivity index (χ0) is 14.1. The molecule has 0 aromatic carbocycles. The lowest BCUT2D eigenvalue weighted by Gasteiger charge is -2.38. The number of likely N-dealkylation sites (tertiary alicyclic amines) is 1. The molecule has 3 rings (SSSR count). The predicted molar refractivity (Wildman–Crippen MR) is 78.5 cm³/mol. The first-order chi connectivity index (χ1) is 9.69. The first-order valence-corrected chi connectivity index (χ1v) is 8.04. The van der Waals surface area contributed by atoms with E-state index in [1.807, 2.05) is 6.92 Å². The van der Waals surface area contributed by atoms with Gasteiger partial charge in [0.25, 0.3) is 0 Å². The summed E-state index contributed by atoms with van der Waals surface area (Å²) in [5.41, 5.74) is 2.37. The molecule has 2 aliphatic rings. The molecule has 1 saturated heterocycles. The highest BCUT2D eigenvalue weighted by atomic mass is 16.2. The van der Waals surface area contributed by atoms with Crippen LogP contribution in [0.2, 0.25) is 0 Å². The Bertz CT molecular complexity index is 494. The van der Waals surface area contributed by atoms with Crippen molar-refractivity contribution in [1.29, 1.82) is 0 Å². The van der Waals surface area contributed by atoms with Gasteiger partial charge in [-0.15, -0.1) is 0 Å². The van der Waals surface area contributed by atoms with Gasteiger partial charge in [0.05, 0.1) is 5.69 Å². The van der Waals surface area contributed by atoms with Crippen molar-refractivity contribution >= 4 is 5.91 Å². The van der Waals surface area contributed by atoms with E-state index in [9.17, 15) is 4.79 Å². The Morgan fingerprint density at radius 3 is 3.05 bits per heavy atom. The quantitative estimate of drug-likeness (QED) is 0.902. The lowest BCUT2D eigenvalue weighted by atomic mass is 9.87. The lowest BCUT2D eigenvalue weighted by molar-refractivity contribution is -0.139. The van der Waals surface area contributed by atoms with Crippen LogP contribution in [0.4, 0.5) is 0 Å². The number of hydrogen-bond donors (Lipinski definition) is 1. The van der Waals surface area contributed by atoms with Gasteiger partial charge in [-0.3, -0.25) is 4.79 Å². The Morgan fingerprint density at radius 1 is 1.40 bits per heavy atom. The molecule has 110 valence electrons. The molecule has 0 spiro atoms. The number of aromatic amines is 1. The number of nitrogens with one attached hydrogen (secondary N) is 1. The Balaban J connectivity index is 1.71. The second-order valence-corrected chi connectivity index (χ2v) is 6.28. The minimum Gasteiger partial charge on any atom is -0.346 e. The number of imidazole rings is 1. The molecule has 1 N–H and O–H groups in total. The fourth-order valence-electron chi connectivity index (χ4n) is 3.78. The molecule has 0 radical (unpaired) electrons. The Labute approximate surface area is 121 Å². The molecule has 2 unspecified atom stereocenters. The van der Waals surface area contributed by atoms with E-state index in [0.29, 0.717) is 11.9 Å². The summed E-state index contributed by atoms with van der Waals surface area (Å²) in [6.45, 7) is 5.16. The van der Waals surface area contributed by atoms with Crippen molar-refractivity contribution < 1.29 is 4.79 Å². The topological polar surface area (TPSA) is 49.0 Å². The number of aryl methyl sites for hydroxylation is 2. The van der Waals surface area contributed by atoms with Crippen molar-refractivity contribution in [3.8, 4) is 0 Å². The summed E-state index contributed by atoms with van der Waals surface area (Å²) in [7, 11) is 0. The van der Waals surface area contributed by atoms with Crippen LogP contribution in [0.3, 0.4) is 0 Å². The van der Waals surface area contributed by atoms with Gasteiger partial charge in [0.15, 0.2) is 0 Å². The monoisotopic (exact) mass is 275 g/mol. The van der Waals surface area contributed by atoms with E-state index < -0.39 is 0 Å². The van der Waals surface area contributed by atoms with Gasteiger partial charge in [0.2, 0.25) is 5.91 Å². The van der Waals surface area contributed by atoms with E-state index >= 15 is 0 Å². The fourth-order valence-corrected chi connectivity index (χ4v) is 3.78. The van der Waals surface area contributed by atoms with Gasteiger partial charge in [-0.1, -0.05) is 6.92 Å². The van der Waals surface area contributed by atoms with E-state index in [-0.39, 0.29) is 5.92 Å². The van der Waals surface area contributed by atoms with Gasteiger partial charge < -0.3 is 9.88 Å². The van der Waals surface area contributed by atoms with Crippen LogP contribution in [0, 0.1) is 12.8 Å². The van der Waals surface area contributed by atoms with Gasteiger partial charge in [-0.2, -0.15) is 0 Å². The highest BCUT2D eigenvalue weighted by molar-refractivity contribution is 5.79. The third kappa shape index (κ3) is 2.48. The highest BCUT2D eigenvalue weighted by Gasteiger charge is 2.33. The van der Waals surface area contributed by atoms with Crippen LogP contribution >= 0.6 is 0 Å². The SMILES string of the molecule is CCC1CCCCN1C(=O)C1CCc2nc(C)[nH]c2C1. The maximum atomic E-state index is 12.8. The molecule has 1 amide bonds. The van der Waals surface area contributed by atoms with E-state index in [0.717, 1.165) is 38.1 Å². The predicted octanol–water partition coefficient (Wildman–Crippen LogP) is 2.61. The Hall–Kier alpha value is -1.32. The van der Waals surface area contributed by atoms with Crippen LogP contribution in [0.1, 0.15) is 56.2 Å². The van der Waals surface area contributed by atoms with Gasteiger partial charge in [0.1, 0.15) is 5.82 Å². The van der Waals surface area contributed by atoms with Crippen LogP contribution < -0.4 is 0 Å². The van der Waals surface area contributed by atoms with Crippen molar-refractivity contribution in [2.24, 2.45) is 5.92 Å². The zero-order valence-corrected chi connectivity index (χ0v) is 12.6. The molecule has 2 heterocycles. The highest BCUT2D eigenvalue weighted by Crippen LogP contribution is 2.28. The molecule has 1 aliphatic carbocycles. The second-order valence-electron chi connectivity index (χ2n) is 6.28. The minimum atomic E-state index is 0.162. The third-order valence-corrected chi connectivity index (χ3v) is 4.89. The van der Waals surface area contributed by atoms with Crippen molar-refractivity contribution in [2.45, 2.75) is 64.8 Å². The van der Waals surface area contributed by atoms with Crippen molar-refractivity contribution in [3.05, 3.63) is 17.2 Å². The molecular formula is C16H25N3O. The van der Waals surface area contributed by atoms with Crippen molar-refractivity contribution in [1.82, 2.24) is 14.9 Å². The maximum Gasteiger partial charge on any atom is 0.226 e. The van der Waals surface area contributed by atoms with Crippen LogP contribution in [0.15, 0.2) is 0 Å². The van der Waals surface area contributed by atoms with Crippen LogP contribution in [-0.2, 0) is 17.6 Å². The van der Waals surface area contributed by atoms with Crippen molar-refractivity contribution in [2.75, 3.05) is 6.54 Å². The molecule has 1 fully saturated rings. The number of aromatic nitrogens is 2. The average Bonchev–Trinajstić information content (AvgIpc) is 2.85. The molecule has 1 aliphatic heterocycles. The summed E-state index contributed by atoms with van der Waals surface area (Å²) in [4.78, 5) is 22.8. The number of H-pyrrole nitrogens is 1. The molecule has 4 nitrogen and oxygen atoms in total. The summed E-state index contributed by atoms with van der Waals surface area (Å²) < 4.78 is 0. The average molecular weight is 275 g/mol. The molecule has 20 heavy (non-hydrogen) atoms. The molecule has 1 aromatic rings. The number of carbonyl (C=O) groups is 1. The molecule has 1 aromatic heterocycles. The number of fused-ring (bicyclic) bond motifs is 1. The summed E-state index contributed by atoms with van der Waals surface area (Å²) in [5.74, 6) is 1.52. The zero-order valence-electron chi connectivity index (χ0n) is 12.6. The van der Waals surface area contributed by atoms with Crippen molar-refractivity contribution in [3.63, 3.8) is 0 Å². The van der Waals surface area contributed by atoms with Crippen LogP contribution in [-0.4, -0.2) is 33.4 Å².